The van der Waals surface area contributed by atoms with Gasteiger partial charge < -0.3 is 15.1 Å². The second kappa shape index (κ2) is 7.83. The highest BCUT2D eigenvalue weighted by atomic mass is 16.4. The quantitative estimate of drug-likeness (QED) is 0.798. The second-order valence-electron chi connectivity index (χ2n) is 4.48. The fourth-order valence-electron chi connectivity index (χ4n) is 1.78. The van der Waals surface area contributed by atoms with Gasteiger partial charge in [-0.3, -0.25) is 0 Å². The molecule has 1 atom stereocenters. The van der Waals surface area contributed by atoms with E-state index in [0.717, 1.165) is 9.91 Å². The summed E-state index contributed by atoms with van der Waals surface area (Å²) in [5.74, 6) is -1.25. The van der Waals surface area contributed by atoms with Gasteiger partial charge in [0.2, 0.25) is 0 Å². The van der Waals surface area contributed by atoms with Crippen LogP contribution in [-0.2, 0) is 4.79 Å². The highest BCUT2D eigenvalue weighted by Gasteiger charge is 2.34. The molecule has 1 aromatic carbocycles. The monoisotopic (exact) mass is 295 g/mol. The van der Waals surface area contributed by atoms with Crippen molar-refractivity contribution in [3.05, 3.63) is 40.8 Å². The highest BCUT2D eigenvalue weighted by molar-refractivity contribution is 5.75. The molecule has 1 saturated heterocycles. The van der Waals surface area contributed by atoms with Gasteiger partial charge in [0, 0.05) is 6.54 Å². The molecule has 1 amide bonds. The van der Waals surface area contributed by atoms with Crippen molar-refractivity contribution in [3.8, 4) is 0 Å². The van der Waals surface area contributed by atoms with E-state index in [0.29, 0.717) is 0 Å². The van der Waals surface area contributed by atoms with Crippen molar-refractivity contribution in [3.63, 3.8) is 0 Å². The Balaban J connectivity index is 0.000000262. The molecule has 1 fully saturated rings. The largest absolute Gasteiger partial charge is 0.480 e. The van der Waals surface area contributed by atoms with Gasteiger partial charge in [0.25, 0.3) is 0 Å². The maximum Gasteiger partial charge on any atom is 0.407 e. The van der Waals surface area contributed by atoms with Crippen LogP contribution in [0, 0.1) is 11.8 Å². The van der Waals surface area contributed by atoms with Crippen LogP contribution in [0.15, 0.2) is 35.6 Å². The van der Waals surface area contributed by atoms with Crippen molar-refractivity contribution in [2.45, 2.75) is 13.0 Å². The Kier molecular flexibility index (Phi) is 6.12. The lowest BCUT2D eigenvalue weighted by molar-refractivity contribution is -0.145. The number of hydrogen-bond acceptors (Lipinski definition) is 4. The predicted octanol–water partition coefficient (Wildman–Crippen LogP) is 1.41. The van der Waals surface area contributed by atoms with E-state index in [1.807, 2.05) is 18.2 Å². The molecule has 2 N–H and O–H groups in total. The lowest BCUT2D eigenvalue weighted by Gasteiger charge is -2.33. The maximum atomic E-state index is 10.6. The van der Waals surface area contributed by atoms with Crippen LogP contribution in [0.5, 0.6) is 0 Å². The number of benzene rings is 1. The Hall–Kier alpha value is -2.64. The number of aryl methyl sites for hydroxylation is 1. The number of carbonyl (C=O) groups is 2. The van der Waals surface area contributed by atoms with Gasteiger partial charge in [0.05, 0.1) is 18.4 Å². The van der Waals surface area contributed by atoms with Crippen molar-refractivity contribution >= 4 is 12.1 Å². The van der Waals surface area contributed by atoms with Gasteiger partial charge >= 0.3 is 12.1 Å². The smallest absolute Gasteiger partial charge is 0.407 e. The van der Waals surface area contributed by atoms with Crippen molar-refractivity contribution in [1.82, 2.24) is 9.91 Å². The van der Waals surface area contributed by atoms with E-state index >= 15 is 0 Å². The van der Waals surface area contributed by atoms with E-state index in [-0.39, 0.29) is 19.6 Å². The molecule has 0 aromatic heterocycles. The van der Waals surface area contributed by atoms with Crippen molar-refractivity contribution < 1.29 is 19.8 Å². The van der Waals surface area contributed by atoms with Crippen molar-refractivity contribution in [2.24, 2.45) is 5.29 Å². The summed E-state index contributed by atoms with van der Waals surface area (Å²) in [7, 11) is 0. The van der Waals surface area contributed by atoms with E-state index in [9.17, 15) is 14.5 Å². The first-order valence-corrected chi connectivity index (χ1v) is 6.28. The molecule has 0 bridgehead atoms. The summed E-state index contributed by atoms with van der Waals surface area (Å²) < 4.78 is 0. The molecule has 1 unspecified atom stereocenters. The minimum Gasteiger partial charge on any atom is -0.480 e. The Morgan fingerprint density at radius 2 is 1.81 bits per heavy atom. The van der Waals surface area contributed by atoms with Crippen LogP contribution in [0.1, 0.15) is 5.56 Å². The lowest BCUT2D eigenvalue weighted by Crippen LogP contribution is -2.55. The Morgan fingerprint density at radius 3 is 2.19 bits per heavy atom. The topological polar surface area (TPSA) is 111 Å². The molecule has 0 saturated carbocycles. The molecule has 1 aliphatic rings. The van der Waals surface area contributed by atoms with Gasteiger partial charge in [-0.05, 0) is 6.92 Å². The highest BCUT2D eigenvalue weighted by Crippen LogP contribution is 2.10. The van der Waals surface area contributed by atoms with Gasteiger partial charge in [-0.2, -0.15) is 0 Å². The number of piperazine rings is 1. The third kappa shape index (κ3) is 5.09. The van der Waals surface area contributed by atoms with Gasteiger partial charge in [-0.15, -0.1) is 4.91 Å². The van der Waals surface area contributed by atoms with Gasteiger partial charge in [-0.25, -0.2) is 14.6 Å². The average molecular weight is 295 g/mol. The van der Waals surface area contributed by atoms with Crippen LogP contribution in [0.3, 0.4) is 0 Å². The first kappa shape index (κ1) is 16.4. The Bertz CT molecular complexity index is 494. The van der Waals surface area contributed by atoms with Crippen LogP contribution < -0.4 is 0 Å². The van der Waals surface area contributed by atoms with Crippen LogP contribution >= 0.6 is 0 Å². The number of amides is 1. The van der Waals surface area contributed by atoms with E-state index in [1.54, 1.807) is 0 Å². The summed E-state index contributed by atoms with van der Waals surface area (Å²) in [5.41, 5.74) is 1.32. The Labute approximate surface area is 121 Å². The van der Waals surface area contributed by atoms with E-state index in [2.05, 4.69) is 24.3 Å². The fraction of sp³-hybridized carbons (Fsp3) is 0.385. The van der Waals surface area contributed by atoms with Crippen LogP contribution in [0.4, 0.5) is 4.79 Å². The minimum absolute atomic E-state index is 0.00671. The zero-order chi connectivity index (χ0) is 15.8. The number of hydrogen-bond donors (Lipinski definition) is 2. The van der Waals surface area contributed by atoms with Crippen molar-refractivity contribution in [1.29, 1.82) is 0 Å². The number of rotatable bonds is 2. The molecule has 0 aliphatic carbocycles. The van der Waals surface area contributed by atoms with Gasteiger partial charge in [0.1, 0.15) is 0 Å². The second-order valence-corrected chi connectivity index (χ2v) is 4.48. The minimum atomic E-state index is -1.25. The summed E-state index contributed by atoms with van der Waals surface area (Å²) in [6, 6.07) is 9.08. The standard InChI is InChI=1S/C7H8.C6H9N3O5/c1-7-5-3-2-4-6-7;10-5(11)4-3-8(6(12)13)1-2-9(4)7-14/h2-6H,1H3;4H,1-3H2,(H,10,11)(H,12,13). The number of carboxylic acids is 1. The predicted molar refractivity (Wildman–Crippen MR) is 74.7 cm³/mol. The normalized spacial score (nSPS) is 17.5. The maximum absolute atomic E-state index is 10.6. The SMILES string of the molecule is Cc1ccccc1.O=NN1CCN(C(=O)O)CC1C(=O)O. The molecule has 2 rings (SSSR count). The molecule has 0 radical (unpaired) electrons. The van der Waals surface area contributed by atoms with E-state index < -0.39 is 18.1 Å². The molecule has 0 spiro atoms. The average Bonchev–Trinajstić information content (AvgIpc) is 2.47. The van der Waals surface area contributed by atoms with Gasteiger partial charge in [0.15, 0.2) is 6.04 Å². The zero-order valence-corrected chi connectivity index (χ0v) is 11.5. The molecule has 21 heavy (non-hydrogen) atoms. The zero-order valence-electron chi connectivity index (χ0n) is 11.5. The van der Waals surface area contributed by atoms with Gasteiger partial charge in [-0.1, -0.05) is 35.9 Å². The number of nitroso groups, excluding NO2 is 1. The lowest BCUT2D eigenvalue weighted by atomic mass is 10.2. The molecule has 1 aliphatic heterocycles. The summed E-state index contributed by atoms with van der Waals surface area (Å²) in [4.78, 5) is 32.3. The van der Waals surface area contributed by atoms with Crippen LogP contribution in [0.25, 0.3) is 0 Å². The molecule has 1 aromatic rings. The third-order valence-corrected chi connectivity index (χ3v) is 2.95. The Morgan fingerprint density at radius 1 is 1.19 bits per heavy atom. The first-order chi connectivity index (χ1) is 9.95. The van der Waals surface area contributed by atoms with Crippen molar-refractivity contribution in [2.75, 3.05) is 19.6 Å². The summed E-state index contributed by atoms with van der Waals surface area (Å²) >= 11 is 0. The van der Waals surface area contributed by atoms with Crippen LogP contribution in [0.2, 0.25) is 0 Å². The summed E-state index contributed by atoms with van der Waals surface area (Å²) in [6.07, 6.45) is -1.19. The molecule has 1 heterocycles. The molecule has 8 nitrogen and oxygen atoms in total. The number of aliphatic carboxylic acids is 1. The number of nitrogens with zero attached hydrogens (tertiary/aromatic N) is 3. The first-order valence-electron chi connectivity index (χ1n) is 6.28. The van der Waals surface area contributed by atoms with Crippen LogP contribution in [-0.4, -0.2) is 57.9 Å². The third-order valence-electron chi connectivity index (χ3n) is 2.95. The molecular weight excluding hydrogens is 278 g/mol. The summed E-state index contributed by atoms with van der Waals surface area (Å²) in [5, 5.41) is 20.6. The molecule has 114 valence electrons. The fourth-order valence-corrected chi connectivity index (χ4v) is 1.78. The molecule has 8 heteroatoms. The van der Waals surface area contributed by atoms with E-state index in [1.165, 1.54) is 5.56 Å². The summed E-state index contributed by atoms with van der Waals surface area (Å²) in [6.45, 7) is 1.94. The number of carboxylic acid groups (broad SMARTS) is 2. The molecular formula is C13H17N3O5. The van der Waals surface area contributed by atoms with E-state index in [4.69, 9.17) is 10.2 Å².